The lowest BCUT2D eigenvalue weighted by molar-refractivity contribution is -0.145. The predicted molar refractivity (Wildman–Crippen MR) is 132 cm³/mol. The molecule has 1 aromatic carbocycles. The van der Waals surface area contributed by atoms with Gasteiger partial charge in [-0.15, -0.1) is 23.2 Å². The number of esters is 1. The van der Waals surface area contributed by atoms with Crippen LogP contribution >= 0.6 is 23.2 Å². The van der Waals surface area contributed by atoms with Gasteiger partial charge in [0.25, 0.3) is 6.23 Å². The summed E-state index contributed by atoms with van der Waals surface area (Å²) >= 11 is 11.7. The molecule has 2 aromatic rings. The molecule has 0 radical (unpaired) electrons. The second-order valence-corrected chi connectivity index (χ2v) is 8.71. The molecule has 1 aliphatic heterocycles. The maximum Gasteiger partial charge on any atom is 0.362 e. The van der Waals surface area contributed by atoms with Crippen LogP contribution in [0.4, 0.5) is 20.3 Å². The molecule has 0 fully saturated rings. The van der Waals surface area contributed by atoms with Gasteiger partial charge in [-0.3, -0.25) is 9.36 Å². The first-order valence-electron chi connectivity index (χ1n) is 11.1. The van der Waals surface area contributed by atoms with Crippen molar-refractivity contribution >= 4 is 40.7 Å². The number of hydrogen-bond donors (Lipinski definition) is 2. The maximum absolute atomic E-state index is 14.5. The van der Waals surface area contributed by atoms with Crippen LogP contribution in [0.5, 0.6) is 0 Å². The van der Waals surface area contributed by atoms with Crippen molar-refractivity contribution in [3.63, 3.8) is 0 Å². The quantitative estimate of drug-likeness (QED) is 0.306. The van der Waals surface area contributed by atoms with E-state index in [0.717, 1.165) is 23.5 Å². The molecule has 0 spiro atoms. The lowest BCUT2D eigenvalue weighted by atomic mass is 10.1. The number of alkyl halides is 4. The number of nitrogens with zero attached hydrogens (tertiary/aromatic N) is 3. The molecule has 1 aromatic heterocycles. The normalized spacial score (nSPS) is 16.6. The summed E-state index contributed by atoms with van der Waals surface area (Å²) in [4.78, 5) is 29.5. The van der Waals surface area contributed by atoms with E-state index in [4.69, 9.17) is 38.4 Å². The van der Waals surface area contributed by atoms with Crippen LogP contribution in [0, 0.1) is 0 Å². The monoisotopic (exact) mass is 546 g/mol. The van der Waals surface area contributed by atoms with E-state index >= 15 is 0 Å². The average molecular weight is 547 g/mol. The average Bonchev–Trinajstić information content (AvgIpc) is 3.06. The molecule has 13 heteroatoms. The third-order valence-corrected chi connectivity index (χ3v) is 5.81. The summed E-state index contributed by atoms with van der Waals surface area (Å²) in [6.07, 6.45) is -0.118. The van der Waals surface area contributed by atoms with Gasteiger partial charge >= 0.3 is 17.6 Å². The molecule has 0 saturated carbocycles. The SMILES string of the molecule is Nc1ccn([C@@H]2OC(COC(=O)CCCc3ccc(N(CCCl)CCCl)cc3)=C(O)C2(F)F)c(=O)n1. The molecular formula is C23H26Cl2F2N4O5. The molecule has 1 aliphatic rings. The second kappa shape index (κ2) is 12.3. The van der Waals surface area contributed by atoms with Crippen LogP contribution in [-0.4, -0.2) is 58.0 Å². The molecule has 0 saturated heterocycles. The maximum atomic E-state index is 14.5. The number of aryl methyl sites for hydroxylation is 1. The number of carbonyl (C=O) groups is 1. The van der Waals surface area contributed by atoms with E-state index in [9.17, 15) is 23.5 Å². The summed E-state index contributed by atoms with van der Waals surface area (Å²) in [6, 6.07) is 8.94. The van der Waals surface area contributed by atoms with Crippen molar-refractivity contribution in [3.8, 4) is 0 Å². The fourth-order valence-electron chi connectivity index (χ4n) is 3.61. The number of carbonyl (C=O) groups excluding carboxylic acids is 1. The van der Waals surface area contributed by atoms with Crippen LogP contribution in [0.25, 0.3) is 0 Å². The Morgan fingerprint density at radius 2 is 1.89 bits per heavy atom. The number of aliphatic hydroxyl groups is 1. The number of anilines is 2. The summed E-state index contributed by atoms with van der Waals surface area (Å²) in [6.45, 7) is 0.643. The number of rotatable bonds is 12. The first-order valence-corrected chi connectivity index (χ1v) is 12.2. The van der Waals surface area contributed by atoms with Gasteiger partial charge in [0.2, 0.25) is 5.76 Å². The summed E-state index contributed by atoms with van der Waals surface area (Å²) in [7, 11) is 0. The van der Waals surface area contributed by atoms with Crippen molar-refractivity contribution in [3.05, 3.63) is 64.1 Å². The Kier molecular flexibility index (Phi) is 9.38. The zero-order valence-corrected chi connectivity index (χ0v) is 20.7. The standard InChI is InChI=1S/C23H26Cl2F2N4O5/c24-9-12-30(13-10-25)16-6-4-15(5-7-16)2-1-3-19(32)35-14-17-20(33)23(26,27)21(36-17)31-11-8-18(28)29-22(31)34/h4-8,11,21,33H,1-3,9-10,12-14H2,(H2,28,29,34)/t21-/m1/s1. The van der Waals surface area contributed by atoms with Gasteiger partial charge in [0.1, 0.15) is 5.82 Å². The summed E-state index contributed by atoms with van der Waals surface area (Å²) in [5.41, 5.74) is 6.29. The highest BCUT2D eigenvalue weighted by Gasteiger charge is 2.55. The third kappa shape index (κ3) is 6.58. The lowest BCUT2D eigenvalue weighted by Crippen LogP contribution is -2.36. The van der Waals surface area contributed by atoms with Crippen LogP contribution in [0.2, 0.25) is 0 Å². The molecule has 2 heterocycles. The van der Waals surface area contributed by atoms with Gasteiger partial charge < -0.3 is 25.2 Å². The van der Waals surface area contributed by atoms with E-state index in [1.54, 1.807) is 0 Å². The Labute approximate surface area is 216 Å². The van der Waals surface area contributed by atoms with Crippen LogP contribution in [-0.2, 0) is 20.7 Å². The zero-order chi connectivity index (χ0) is 26.3. The molecule has 0 aliphatic carbocycles. The predicted octanol–water partition coefficient (Wildman–Crippen LogP) is 3.61. The molecule has 3 rings (SSSR count). The number of nitrogens with two attached hydrogens (primary N) is 1. The fraction of sp³-hybridized carbons (Fsp3) is 0.435. The Bertz CT molecular complexity index is 1140. The van der Waals surface area contributed by atoms with Gasteiger partial charge in [0.15, 0.2) is 12.4 Å². The largest absolute Gasteiger partial charge is 0.504 e. The number of aromatic nitrogens is 2. The minimum Gasteiger partial charge on any atom is -0.504 e. The molecule has 196 valence electrons. The van der Waals surface area contributed by atoms with Gasteiger partial charge in [-0.1, -0.05) is 12.1 Å². The van der Waals surface area contributed by atoms with Crippen LogP contribution in [0.3, 0.4) is 0 Å². The molecular weight excluding hydrogens is 521 g/mol. The fourth-order valence-corrected chi connectivity index (χ4v) is 4.02. The lowest BCUT2D eigenvalue weighted by Gasteiger charge is -2.23. The topological polar surface area (TPSA) is 120 Å². The molecule has 9 nitrogen and oxygen atoms in total. The third-order valence-electron chi connectivity index (χ3n) is 5.47. The number of nitrogen functional groups attached to an aromatic ring is 1. The van der Waals surface area contributed by atoms with E-state index in [1.807, 2.05) is 24.3 Å². The molecule has 0 amide bonds. The Balaban J connectivity index is 1.49. The molecule has 36 heavy (non-hydrogen) atoms. The Hall–Kier alpha value is -3.05. The first kappa shape index (κ1) is 27.5. The highest BCUT2D eigenvalue weighted by Crippen LogP contribution is 2.43. The number of ether oxygens (including phenoxy) is 2. The van der Waals surface area contributed by atoms with E-state index in [1.165, 1.54) is 0 Å². The van der Waals surface area contributed by atoms with Gasteiger partial charge in [-0.2, -0.15) is 13.8 Å². The van der Waals surface area contributed by atoms with Gasteiger partial charge in [-0.05, 0) is 36.6 Å². The molecule has 3 N–H and O–H groups in total. The van der Waals surface area contributed by atoms with E-state index in [2.05, 4.69) is 9.88 Å². The number of hydrogen-bond acceptors (Lipinski definition) is 8. The minimum absolute atomic E-state index is 0.0293. The minimum atomic E-state index is -3.93. The van der Waals surface area contributed by atoms with Crippen molar-refractivity contribution < 1.29 is 28.2 Å². The van der Waals surface area contributed by atoms with E-state index < -0.39 is 41.9 Å². The van der Waals surface area contributed by atoms with Crippen molar-refractivity contribution in [2.24, 2.45) is 0 Å². The van der Waals surface area contributed by atoms with Crippen LogP contribution in [0.15, 0.2) is 52.8 Å². The number of aliphatic hydroxyl groups excluding tert-OH is 1. The van der Waals surface area contributed by atoms with Crippen molar-refractivity contribution in [2.75, 3.05) is 42.1 Å². The van der Waals surface area contributed by atoms with Crippen molar-refractivity contribution in [1.29, 1.82) is 0 Å². The molecule has 0 unspecified atom stereocenters. The van der Waals surface area contributed by atoms with Gasteiger partial charge in [-0.25, -0.2) is 4.79 Å². The van der Waals surface area contributed by atoms with Crippen molar-refractivity contribution in [1.82, 2.24) is 9.55 Å². The van der Waals surface area contributed by atoms with E-state index in [0.29, 0.717) is 42.3 Å². The second-order valence-electron chi connectivity index (χ2n) is 7.95. The summed E-state index contributed by atoms with van der Waals surface area (Å²) in [5, 5.41) is 9.90. The number of halogens is 4. The summed E-state index contributed by atoms with van der Waals surface area (Å²) in [5.74, 6) is -5.83. The highest BCUT2D eigenvalue weighted by atomic mass is 35.5. The Morgan fingerprint density at radius 1 is 1.22 bits per heavy atom. The molecule has 0 bridgehead atoms. The number of benzene rings is 1. The summed E-state index contributed by atoms with van der Waals surface area (Å²) < 4.78 is 39.5. The Morgan fingerprint density at radius 3 is 2.50 bits per heavy atom. The van der Waals surface area contributed by atoms with Crippen LogP contribution < -0.4 is 16.3 Å². The molecule has 1 atom stereocenters. The smallest absolute Gasteiger partial charge is 0.362 e. The van der Waals surface area contributed by atoms with Gasteiger partial charge in [0, 0.05) is 43.2 Å². The zero-order valence-electron chi connectivity index (χ0n) is 19.2. The highest BCUT2D eigenvalue weighted by molar-refractivity contribution is 6.18. The first-order chi connectivity index (χ1) is 17.2. The van der Waals surface area contributed by atoms with Crippen molar-refractivity contribution in [2.45, 2.75) is 31.4 Å². The van der Waals surface area contributed by atoms with Crippen LogP contribution in [0.1, 0.15) is 24.6 Å². The van der Waals surface area contributed by atoms with Gasteiger partial charge in [0.05, 0.1) is 0 Å². The van der Waals surface area contributed by atoms with E-state index in [-0.39, 0.29) is 12.2 Å².